The van der Waals surface area contributed by atoms with Crippen LogP contribution < -0.4 is 20.7 Å². The van der Waals surface area contributed by atoms with Crippen molar-refractivity contribution < 1.29 is 13.9 Å². The number of hydrogen-bond donors (Lipinski definition) is 2. The second-order valence-corrected chi connectivity index (χ2v) is 9.98. The topological polar surface area (TPSA) is 122 Å². The van der Waals surface area contributed by atoms with Gasteiger partial charge in [0.25, 0.3) is 5.91 Å². The minimum Gasteiger partial charge on any atom is -0.487 e. The highest BCUT2D eigenvalue weighted by Gasteiger charge is 2.42. The first-order valence-corrected chi connectivity index (χ1v) is 11.0. The lowest BCUT2D eigenvalue weighted by Crippen LogP contribution is -2.58. The van der Waals surface area contributed by atoms with Crippen molar-refractivity contribution in [2.75, 3.05) is 17.2 Å². The maximum absolute atomic E-state index is 15.0. The largest absolute Gasteiger partial charge is 0.487 e. The summed E-state index contributed by atoms with van der Waals surface area (Å²) in [5, 5.41) is 15.9. The molecule has 4 rings (SSSR count). The number of nitriles is 1. The minimum atomic E-state index is -0.697. The van der Waals surface area contributed by atoms with E-state index in [0.717, 1.165) is 0 Å². The first kappa shape index (κ1) is 23.6. The zero-order valence-electron chi connectivity index (χ0n) is 20.1. The van der Waals surface area contributed by atoms with E-state index in [-0.39, 0.29) is 39.9 Å². The van der Waals surface area contributed by atoms with Crippen LogP contribution in [0.5, 0.6) is 5.75 Å². The third-order valence-electron chi connectivity index (χ3n) is 6.65. The van der Waals surface area contributed by atoms with E-state index in [1.807, 2.05) is 50.2 Å². The summed E-state index contributed by atoms with van der Waals surface area (Å²) < 4.78 is 22.6. The predicted molar refractivity (Wildman–Crippen MR) is 141 cm³/mol. The van der Waals surface area contributed by atoms with Gasteiger partial charge in [0.2, 0.25) is 0 Å². The molecule has 0 unspecified atom stereocenters. The molecule has 0 saturated carbocycles. The zero-order valence-corrected chi connectivity index (χ0v) is 20.1. The van der Waals surface area contributed by atoms with Gasteiger partial charge >= 0.3 is 0 Å². The van der Waals surface area contributed by atoms with Crippen LogP contribution in [-0.4, -0.2) is 77.7 Å². The predicted octanol–water partition coefficient (Wildman–Crippen LogP) is -3.14. The molecule has 2 aromatic heterocycles. The summed E-state index contributed by atoms with van der Waals surface area (Å²) in [6.07, 6.45) is 1.15. The van der Waals surface area contributed by atoms with Gasteiger partial charge in [-0.05, 0) is 30.5 Å². The molecule has 0 saturated heterocycles. The quantitative estimate of drug-likeness (QED) is 0.393. The van der Waals surface area contributed by atoms with Crippen LogP contribution in [0.1, 0.15) is 22.8 Å². The number of benzene rings is 1. The number of aromatic nitrogens is 3. The zero-order chi connectivity index (χ0) is 25.0. The Morgan fingerprint density at radius 1 is 1.29 bits per heavy atom. The Labute approximate surface area is 201 Å². The Kier molecular flexibility index (Phi) is 5.58. The Hall–Kier alpha value is -3.55. The molecule has 15 heteroatoms. The Morgan fingerprint density at radius 2 is 2.00 bits per heavy atom. The van der Waals surface area contributed by atoms with Crippen LogP contribution in [0.4, 0.5) is 21.7 Å². The number of nitrogen functional groups attached to an aromatic ring is 1. The van der Waals surface area contributed by atoms with E-state index < -0.39 is 23.2 Å². The van der Waals surface area contributed by atoms with E-state index in [0.29, 0.717) is 11.6 Å². The van der Waals surface area contributed by atoms with E-state index in [2.05, 4.69) is 10.4 Å². The van der Waals surface area contributed by atoms with Gasteiger partial charge in [0.1, 0.15) is 62.1 Å². The SMILES string of the molecule is BC(B)(B)C(B)(B)N1c2ccn3nc(N)c(c3n2)C(=O)NC[C@H](C)Oc2ccc(F)c(C#N)c21. The summed E-state index contributed by atoms with van der Waals surface area (Å²) in [4.78, 5) is 19.5. The molecule has 0 fully saturated rings. The molecule has 168 valence electrons. The monoisotopic (exact) mass is 455 g/mol. The number of ether oxygens (including phenoxy) is 1. The Morgan fingerprint density at radius 3 is 2.65 bits per heavy atom. The van der Waals surface area contributed by atoms with Gasteiger partial charge in [-0.2, -0.15) is 5.26 Å². The fourth-order valence-corrected chi connectivity index (χ4v) is 3.85. The van der Waals surface area contributed by atoms with E-state index in [9.17, 15) is 14.4 Å². The highest BCUT2D eigenvalue weighted by Crippen LogP contribution is 2.45. The van der Waals surface area contributed by atoms with Crippen molar-refractivity contribution in [2.45, 2.75) is 23.5 Å². The fourth-order valence-electron chi connectivity index (χ4n) is 3.85. The lowest BCUT2D eigenvalue weighted by molar-refractivity contribution is 0.0934. The van der Waals surface area contributed by atoms with Crippen molar-refractivity contribution in [1.82, 2.24) is 19.9 Å². The molecule has 1 aliphatic rings. The van der Waals surface area contributed by atoms with Crippen LogP contribution in [0, 0.1) is 17.1 Å². The van der Waals surface area contributed by atoms with E-state index in [1.165, 1.54) is 16.6 Å². The summed E-state index contributed by atoms with van der Waals surface area (Å²) in [5.41, 5.74) is 6.57. The van der Waals surface area contributed by atoms with Gasteiger partial charge < -0.3 is 20.7 Å². The van der Waals surface area contributed by atoms with Gasteiger partial charge in [0, 0.05) is 6.20 Å². The second kappa shape index (κ2) is 8.04. The fraction of sp³-hybridized carbons (Fsp3) is 0.263. The number of rotatable bonds is 2. The van der Waals surface area contributed by atoms with Crippen LogP contribution in [0.15, 0.2) is 24.4 Å². The molecule has 34 heavy (non-hydrogen) atoms. The van der Waals surface area contributed by atoms with Crippen molar-refractivity contribution in [3.8, 4) is 11.8 Å². The van der Waals surface area contributed by atoms with Gasteiger partial charge in [-0.3, -0.25) is 4.79 Å². The Bertz CT molecular complexity index is 1350. The minimum absolute atomic E-state index is 0.0403. The van der Waals surface area contributed by atoms with Crippen molar-refractivity contribution in [2.24, 2.45) is 0 Å². The van der Waals surface area contributed by atoms with Gasteiger partial charge in [0.05, 0.1) is 30.1 Å². The van der Waals surface area contributed by atoms with Gasteiger partial charge in [-0.1, -0.05) is 0 Å². The van der Waals surface area contributed by atoms with E-state index in [1.54, 1.807) is 19.2 Å². The number of nitrogens with one attached hydrogen (secondary N) is 1. The molecule has 1 aromatic carbocycles. The van der Waals surface area contributed by atoms with Crippen molar-refractivity contribution in [1.29, 1.82) is 5.26 Å². The van der Waals surface area contributed by atoms with Crippen LogP contribution >= 0.6 is 0 Å². The number of carbonyl (C=O) groups is 1. The number of hydrogen-bond acceptors (Lipinski definition) is 7. The number of fused-ring (bicyclic) bond motifs is 2. The van der Waals surface area contributed by atoms with Gasteiger partial charge in [-0.25, -0.2) is 13.9 Å². The first-order valence-electron chi connectivity index (χ1n) is 11.0. The summed E-state index contributed by atoms with van der Waals surface area (Å²) in [6.45, 7) is 1.93. The van der Waals surface area contributed by atoms with Crippen LogP contribution in [0.25, 0.3) is 5.65 Å². The lowest BCUT2D eigenvalue weighted by atomic mass is 9.26. The number of carbonyl (C=O) groups excluding carboxylic acids is 1. The summed E-state index contributed by atoms with van der Waals surface area (Å²) in [6, 6.07) is 6.42. The molecule has 9 nitrogen and oxygen atoms in total. The molecule has 0 spiro atoms. The lowest BCUT2D eigenvalue weighted by Gasteiger charge is -2.50. The summed E-state index contributed by atoms with van der Waals surface area (Å²) >= 11 is 0. The number of nitrogens with two attached hydrogens (primary N) is 1. The summed E-state index contributed by atoms with van der Waals surface area (Å²) in [5.74, 6) is -0.345. The molecule has 1 aliphatic heterocycles. The number of anilines is 3. The highest BCUT2D eigenvalue weighted by molar-refractivity contribution is 6.68. The molecular weight excluding hydrogens is 431 g/mol. The smallest absolute Gasteiger partial charge is 0.259 e. The highest BCUT2D eigenvalue weighted by atomic mass is 19.1. The maximum atomic E-state index is 15.0. The number of nitrogens with zero attached hydrogens (tertiary/aromatic N) is 5. The molecule has 2 bridgehead atoms. The standard InChI is InChI=1S/C19H23B5FN7O2/c1-8-7-28-17(33)13-15(27)30-31-5-4-12(29-16(13)31)32(19(23,24)18(20,21)22)14-9(6-26)10(25)2-3-11(14)34-8/h2-5,8H,7,20-24H2,1H3,(H2,27,30)(H,28,33)/t8-/m0/s1. The average molecular weight is 454 g/mol. The molecule has 3 N–H and O–H groups in total. The molecule has 1 atom stereocenters. The third kappa shape index (κ3) is 3.67. The Balaban J connectivity index is 2.15. The van der Waals surface area contributed by atoms with Crippen LogP contribution in [0.3, 0.4) is 0 Å². The van der Waals surface area contributed by atoms with Gasteiger partial charge in [-0.15, -0.1) is 10.2 Å². The molecular formula is C19H23B5FN7O2. The number of halogens is 1. The van der Waals surface area contributed by atoms with E-state index >= 15 is 0 Å². The normalized spacial score (nSPS) is 16.7. The molecule has 0 radical (unpaired) electrons. The van der Waals surface area contributed by atoms with E-state index in [4.69, 9.17) is 15.5 Å². The number of amides is 1. The first-order chi connectivity index (χ1) is 15.9. The summed E-state index contributed by atoms with van der Waals surface area (Å²) in [7, 11) is 10.1. The molecule has 3 heterocycles. The molecule has 3 aromatic rings. The third-order valence-corrected chi connectivity index (χ3v) is 6.65. The maximum Gasteiger partial charge on any atom is 0.259 e. The van der Waals surface area contributed by atoms with Crippen LogP contribution in [-0.2, 0) is 0 Å². The molecule has 1 amide bonds. The molecule has 0 aliphatic carbocycles. The average Bonchev–Trinajstić information content (AvgIpc) is 3.07. The van der Waals surface area contributed by atoms with Crippen molar-refractivity contribution >= 4 is 68.1 Å². The van der Waals surface area contributed by atoms with Crippen molar-refractivity contribution in [3.63, 3.8) is 0 Å². The van der Waals surface area contributed by atoms with Crippen molar-refractivity contribution in [3.05, 3.63) is 41.3 Å². The van der Waals surface area contributed by atoms with Crippen LogP contribution in [0.2, 0.25) is 5.11 Å². The second-order valence-electron chi connectivity index (χ2n) is 9.98. The van der Waals surface area contributed by atoms with Gasteiger partial charge in [0.15, 0.2) is 11.5 Å².